The van der Waals surface area contributed by atoms with Crippen molar-refractivity contribution in [2.75, 3.05) is 0 Å². The summed E-state index contributed by atoms with van der Waals surface area (Å²) in [5, 5.41) is 0.961. The molecule has 2 heteroatoms. The molecule has 0 bridgehead atoms. The SMILES string of the molecule is O=c1ccc2c(o1)=CCC=CC=2. The van der Waals surface area contributed by atoms with Gasteiger partial charge in [0, 0.05) is 11.3 Å². The molecule has 0 N–H and O–H groups in total. The Morgan fingerprint density at radius 3 is 3.17 bits per heavy atom. The predicted molar refractivity (Wildman–Crippen MR) is 46.9 cm³/mol. The number of rotatable bonds is 0. The summed E-state index contributed by atoms with van der Waals surface area (Å²) in [6, 6.07) is 3.20. The standard InChI is InChI=1S/C10H8O2/c11-10-7-6-8-4-2-1-3-5-9(8)12-10/h1-2,4-7H,3H2. The van der Waals surface area contributed by atoms with Crippen molar-refractivity contribution in [3.05, 3.63) is 45.3 Å². The van der Waals surface area contributed by atoms with Crippen LogP contribution in [0.5, 0.6) is 0 Å². The maximum Gasteiger partial charge on any atom is 0.336 e. The van der Waals surface area contributed by atoms with Crippen molar-refractivity contribution >= 4 is 12.2 Å². The van der Waals surface area contributed by atoms with Crippen LogP contribution in [0.2, 0.25) is 0 Å². The molecule has 60 valence electrons. The second-order valence-corrected chi connectivity index (χ2v) is 2.61. The highest BCUT2D eigenvalue weighted by molar-refractivity contribution is 5.41. The van der Waals surface area contributed by atoms with Crippen LogP contribution in [0.4, 0.5) is 0 Å². The van der Waals surface area contributed by atoms with E-state index in [0.29, 0.717) is 5.42 Å². The average molecular weight is 160 g/mol. The lowest BCUT2D eigenvalue weighted by Crippen LogP contribution is -2.27. The number of fused-ring (bicyclic) bond motifs is 1. The fourth-order valence-electron chi connectivity index (χ4n) is 1.16. The van der Waals surface area contributed by atoms with E-state index in [4.69, 9.17) is 4.42 Å². The molecule has 1 aromatic heterocycles. The van der Waals surface area contributed by atoms with E-state index in [-0.39, 0.29) is 5.63 Å². The molecule has 0 radical (unpaired) electrons. The molecule has 0 aliphatic heterocycles. The lowest BCUT2D eigenvalue weighted by atomic mass is 10.3. The smallest absolute Gasteiger partial charge is 0.336 e. The van der Waals surface area contributed by atoms with Crippen molar-refractivity contribution in [1.82, 2.24) is 0 Å². The molecule has 0 aromatic carbocycles. The summed E-state index contributed by atoms with van der Waals surface area (Å²) in [7, 11) is 0. The summed E-state index contributed by atoms with van der Waals surface area (Å²) in [5.74, 6) is 0. The van der Waals surface area contributed by atoms with E-state index in [9.17, 15) is 4.79 Å². The van der Waals surface area contributed by atoms with Gasteiger partial charge in [0.15, 0.2) is 0 Å². The maximum absolute atomic E-state index is 10.8. The zero-order valence-electron chi connectivity index (χ0n) is 6.49. The van der Waals surface area contributed by atoms with Crippen molar-refractivity contribution in [2.24, 2.45) is 0 Å². The summed E-state index contributed by atoms with van der Waals surface area (Å²) in [6.45, 7) is 0. The molecular formula is C10H8O2. The zero-order valence-corrected chi connectivity index (χ0v) is 6.49. The second kappa shape index (κ2) is 2.81. The molecule has 1 heterocycles. The highest BCUT2D eigenvalue weighted by Gasteiger charge is 1.90. The van der Waals surface area contributed by atoms with Gasteiger partial charge in [-0.15, -0.1) is 0 Å². The van der Waals surface area contributed by atoms with Crippen LogP contribution in [0.15, 0.2) is 33.5 Å². The van der Waals surface area contributed by atoms with Crippen molar-refractivity contribution in [1.29, 1.82) is 0 Å². The third kappa shape index (κ3) is 1.23. The molecular weight excluding hydrogens is 152 g/mol. The first-order valence-corrected chi connectivity index (χ1v) is 3.83. The van der Waals surface area contributed by atoms with Gasteiger partial charge in [0.2, 0.25) is 0 Å². The molecule has 12 heavy (non-hydrogen) atoms. The van der Waals surface area contributed by atoms with Gasteiger partial charge in [-0.1, -0.05) is 18.2 Å². The fourth-order valence-corrected chi connectivity index (χ4v) is 1.16. The van der Waals surface area contributed by atoms with Gasteiger partial charge in [0.1, 0.15) is 5.42 Å². The number of allylic oxidation sites excluding steroid dienone is 2. The monoisotopic (exact) mass is 160 g/mol. The van der Waals surface area contributed by atoms with E-state index in [0.717, 1.165) is 11.6 Å². The second-order valence-electron chi connectivity index (χ2n) is 2.61. The van der Waals surface area contributed by atoms with Gasteiger partial charge in [-0.2, -0.15) is 0 Å². The Labute approximate surface area is 69.1 Å². The van der Waals surface area contributed by atoms with Crippen molar-refractivity contribution in [3.8, 4) is 0 Å². The average Bonchev–Trinajstić information content (AvgIpc) is 2.28. The number of hydrogen-bond acceptors (Lipinski definition) is 2. The van der Waals surface area contributed by atoms with Gasteiger partial charge in [-0.05, 0) is 18.6 Å². The Morgan fingerprint density at radius 2 is 2.25 bits per heavy atom. The Hall–Kier alpha value is -1.57. The normalized spacial score (nSPS) is 14.0. The summed E-state index contributed by atoms with van der Waals surface area (Å²) in [4.78, 5) is 10.8. The van der Waals surface area contributed by atoms with Crippen LogP contribution < -0.4 is 16.3 Å². The van der Waals surface area contributed by atoms with Crippen LogP contribution in [-0.4, -0.2) is 0 Å². The van der Waals surface area contributed by atoms with Crippen LogP contribution in [-0.2, 0) is 0 Å². The Bertz CT molecular complexity index is 477. The minimum Gasteiger partial charge on any atom is -0.423 e. The van der Waals surface area contributed by atoms with E-state index in [1.807, 2.05) is 24.3 Å². The summed E-state index contributed by atoms with van der Waals surface area (Å²) < 4.78 is 5.00. The van der Waals surface area contributed by atoms with Crippen LogP contribution in [0.1, 0.15) is 6.42 Å². The van der Waals surface area contributed by atoms with E-state index in [2.05, 4.69) is 0 Å². The lowest BCUT2D eigenvalue weighted by Gasteiger charge is -1.85. The third-order valence-corrected chi connectivity index (χ3v) is 1.75. The van der Waals surface area contributed by atoms with Gasteiger partial charge in [0.25, 0.3) is 0 Å². The van der Waals surface area contributed by atoms with E-state index < -0.39 is 0 Å². The summed E-state index contributed by atoms with van der Waals surface area (Å²) in [6.07, 6.45) is 8.62. The van der Waals surface area contributed by atoms with Gasteiger partial charge in [0.05, 0.1) is 0 Å². The van der Waals surface area contributed by atoms with Crippen LogP contribution in [0.25, 0.3) is 12.2 Å². The largest absolute Gasteiger partial charge is 0.423 e. The van der Waals surface area contributed by atoms with E-state index >= 15 is 0 Å². The Balaban J connectivity index is 2.87. The molecule has 1 aromatic rings. The first-order chi connectivity index (χ1) is 5.86. The maximum atomic E-state index is 10.8. The minimum atomic E-state index is -0.291. The molecule has 0 fully saturated rings. The predicted octanol–water partition coefficient (Wildman–Crippen LogP) is 0.161. The first kappa shape index (κ1) is 7.10. The summed E-state index contributed by atoms with van der Waals surface area (Å²) >= 11 is 0. The summed E-state index contributed by atoms with van der Waals surface area (Å²) in [5.41, 5.74) is 0.382. The van der Waals surface area contributed by atoms with Crippen LogP contribution in [0.3, 0.4) is 0 Å². The van der Waals surface area contributed by atoms with Crippen molar-refractivity contribution in [2.45, 2.75) is 6.42 Å². The van der Waals surface area contributed by atoms with Crippen molar-refractivity contribution < 1.29 is 4.42 Å². The lowest BCUT2D eigenvalue weighted by molar-refractivity contribution is 0.473. The molecule has 0 unspecified atom stereocenters. The molecule has 1 aliphatic rings. The third-order valence-electron chi connectivity index (χ3n) is 1.75. The first-order valence-electron chi connectivity index (χ1n) is 3.83. The molecule has 0 saturated heterocycles. The van der Waals surface area contributed by atoms with Gasteiger partial charge in [-0.3, -0.25) is 0 Å². The highest BCUT2D eigenvalue weighted by atomic mass is 16.4. The molecule has 2 nitrogen and oxygen atoms in total. The van der Waals surface area contributed by atoms with Crippen LogP contribution in [0, 0.1) is 0 Å². The fraction of sp³-hybridized carbons (Fsp3) is 0.100. The van der Waals surface area contributed by atoms with Gasteiger partial charge >= 0.3 is 5.63 Å². The van der Waals surface area contributed by atoms with Gasteiger partial charge < -0.3 is 4.42 Å². The Kier molecular flexibility index (Phi) is 1.67. The molecule has 0 atom stereocenters. The van der Waals surface area contributed by atoms with Crippen LogP contribution >= 0.6 is 0 Å². The quantitative estimate of drug-likeness (QED) is 0.541. The molecule has 0 spiro atoms. The van der Waals surface area contributed by atoms with Gasteiger partial charge in [-0.25, -0.2) is 4.79 Å². The highest BCUT2D eigenvalue weighted by Crippen LogP contribution is 1.86. The Morgan fingerprint density at radius 1 is 1.33 bits per heavy atom. The topological polar surface area (TPSA) is 30.2 Å². The molecule has 0 amide bonds. The van der Waals surface area contributed by atoms with E-state index in [1.165, 1.54) is 6.07 Å². The molecule has 2 rings (SSSR count). The van der Waals surface area contributed by atoms with Crippen molar-refractivity contribution in [3.63, 3.8) is 0 Å². The van der Waals surface area contributed by atoms with E-state index in [1.54, 1.807) is 6.07 Å². The minimum absolute atomic E-state index is 0.291. The zero-order chi connectivity index (χ0) is 8.39. The molecule has 0 saturated carbocycles. The molecule has 1 aliphatic carbocycles. The number of hydrogen-bond donors (Lipinski definition) is 0.